The van der Waals surface area contributed by atoms with E-state index in [2.05, 4.69) is 67.2 Å². The third-order valence-electron chi connectivity index (χ3n) is 2.60. The van der Waals surface area contributed by atoms with Gasteiger partial charge in [-0.15, -0.1) is 0 Å². The maximum atomic E-state index is 8.88. The van der Waals surface area contributed by atoms with E-state index in [0.717, 1.165) is 0 Å². The summed E-state index contributed by atoms with van der Waals surface area (Å²) in [7, 11) is -5.56. The average molecular weight is 296 g/mol. The Kier molecular flexibility index (Phi) is 6.15. The molecule has 2 rings (SSSR count). The maximum Gasteiger partial charge on any atom is 0.466 e. The molecular formula is C13H17O4PSi. The van der Waals surface area contributed by atoms with Crippen LogP contribution < -0.4 is 10.4 Å². The normalized spacial score (nSPS) is 10.8. The van der Waals surface area contributed by atoms with Crippen molar-refractivity contribution >= 4 is 27.0 Å². The number of phosphoric acid groups is 1. The fraction of sp³-hybridized carbons (Fsp3) is 0.0769. The van der Waals surface area contributed by atoms with Crippen LogP contribution in [0.3, 0.4) is 0 Å². The Morgan fingerprint density at radius 1 is 0.789 bits per heavy atom. The van der Waals surface area contributed by atoms with Crippen molar-refractivity contribution in [3.05, 3.63) is 60.7 Å². The van der Waals surface area contributed by atoms with Crippen molar-refractivity contribution in [1.82, 2.24) is 0 Å². The molecule has 2 aromatic rings. The fourth-order valence-electron chi connectivity index (χ4n) is 1.68. The van der Waals surface area contributed by atoms with Gasteiger partial charge in [0.15, 0.2) is 0 Å². The highest BCUT2D eigenvalue weighted by atomic mass is 31.2. The first-order valence-corrected chi connectivity index (χ1v) is 9.63. The van der Waals surface area contributed by atoms with E-state index >= 15 is 0 Å². The minimum absolute atomic E-state index is 0.919. The Morgan fingerprint density at radius 2 is 1.05 bits per heavy atom. The van der Waals surface area contributed by atoms with Gasteiger partial charge in [-0.05, 0) is 0 Å². The van der Waals surface area contributed by atoms with E-state index in [9.17, 15) is 0 Å². The van der Waals surface area contributed by atoms with Gasteiger partial charge in [0.1, 0.15) is 0 Å². The molecule has 0 saturated heterocycles. The van der Waals surface area contributed by atoms with E-state index in [4.69, 9.17) is 19.2 Å². The van der Waals surface area contributed by atoms with E-state index in [1.165, 1.54) is 10.4 Å². The topological polar surface area (TPSA) is 77.8 Å². The molecule has 6 heteroatoms. The Balaban J connectivity index is 0.000000312. The smallest absolute Gasteiger partial charge is 0.303 e. The van der Waals surface area contributed by atoms with Crippen molar-refractivity contribution in [2.45, 2.75) is 6.55 Å². The molecule has 0 spiro atoms. The second-order valence-corrected chi connectivity index (χ2v) is 7.86. The zero-order valence-electron chi connectivity index (χ0n) is 10.5. The van der Waals surface area contributed by atoms with Crippen LogP contribution in [0.4, 0.5) is 0 Å². The number of benzene rings is 2. The van der Waals surface area contributed by atoms with E-state index in [1.807, 2.05) is 0 Å². The summed E-state index contributed by atoms with van der Waals surface area (Å²) in [6.07, 6.45) is 0. The second-order valence-electron chi connectivity index (χ2n) is 4.06. The van der Waals surface area contributed by atoms with Crippen molar-refractivity contribution in [2.24, 2.45) is 0 Å². The fourth-order valence-corrected chi connectivity index (χ4v) is 3.66. The number of hydrogen-bond acceptors (Lipinski definition) is 1. The lowest BCUT2D eigenvalue weighted by atomic mass is 10.4. The molecule has 0 heterocycles. The highest BCUT2D eigenvalue weighted by Crippen LogP contribution is 2.25. The Bertz CT molecular complexity index is 479. The summed E-state index contributed by atoms with van der Waals surface area (Å²) >= 11 is 0. The van der Waals surface area contributed by atoms with Crippen LogP contribution in [0.1, 0.15) is 0 Å². The third kappa shape index (κ3) is 7.05. The van der Waals surface area contributed by atoms with Gasteiger partial charge < -0.3 is 14.7 Å². The molecule has 19 heavy (non-hydrogen) atoms. The van der Waals surface area contributed by atoms with Crippen molar-refractivity contribution in [2.75, 3.05) is 0 Å². The van der Waals surface area contributed by atoms with Gasteiger partial charge in [-0.2, -0.15) is 0 Å². The van der Waals surface area contributed by atoms with Gasteiger partial charge in [0.05, 0.1) is 8.80 Å². The van der Waals surface area contributed by atoms with Crippen LogP contribution in [0.5, 0.6) is 0 Å². The minimum atomic E-state index is -4.64. The van der Waals surface area contributed by atoms with E-state index in [0.29, 0.717) is 0 Å². The van der Waals surface area contributed by atoms with Crippen LogP contribution >= 0.6 is 7.82 Å². The van der Waals surface area contributed by atoms with Crippen LogP contribution in [0, 0.1) is 0 Å². The predicted molar refractivity (Wildman–Crippen MR) is 79.4 cm³/mol. The SMILES string of the molecule is C[SiH](c1ccccc1)c1ccccc1.O=P(O)(O)O. The first-order chi connectivity index (χ1) is 8.88. The van der Waals surface area contributed by atoms with Crippen LogP contribution in [0.2, 0.25) is 6.55 Å². The third-order valence-corrected chi connectivity index (χ3v) is 5.37. The summed E-state index contributed by atoms with van der Waals surface area (Å²) in [6, 6.07) is 21.6. The minimum Gasteiger partial charge on any atom is -0.303 e. The molecule has 0 aliphatic heterocycles. The molecule has 0 unspecified atom stereocenters. The molecule has 0 aromatic heterocycles. The molecule has 102 valence electrons. The lowest BCUT2D eigenvalue weighted by Crippen LogP contribution is -2.38. The Labute approximate surface area is 114 Å². The molecule has 0 atom stereocenters. The summed E-state index contributed by atoms with van der Waals surface area (Å²) in [5.41, 5.74) is 0. The van der Waals surface area contributed by atoms with Crippen molar-refractivity contribution in [3.63, 3.8) is 0 Å². The number of hydrogen-bond donors (Lipinski definition) is 3. The van der Waals surface area contributed by atoms with Gasteiger partial charge in [-0.1, -0.05) is 77.6 Å². The number of rotatable bonds is 2. The van der Waals surface area contributed by atoms with E-state index in [-0.39, 0.29) is 0 Å². The van der Waals surface area contributed by atoms with Crippen LogP contribution in [0.25, 0.3) is 0 Å². The molecule has 0 fully saturated rings. The van der Waals surface area contributed by atoms with Crippen molar-refractivity contribution in [1.29, 1.82) is 0 Å². The first-order valence-electron chi connectivity index (χ1n) is 5.76. The van der Waals surface area contributed by atoms with Gasteiger partial charge in [0.2, 0.25) is 0 Å². The molecular weight excluding hydrogens is 279 g/mol. The lowest BCUT2D eigenvalue weighted by molar-refractivity contribution is 0.275. The largest absolute Gasteiger partial charge is 0.466 e. The van der Waals surface area contributed by atoms with Gasteiger partial charge in [-0.25, -0.2) is 4.57 Å². The van der Waals surface area contributed by atoms with Crippen LogP contribution in [0.15, 0.2) is 60.7 Å². The first kappa shape index (κ1) is 15.8. The van der Waals surface area contributed by atoms with Gasteiger partial charge in [0.25, 0.3) is 0 Å². The molecule has 0 bridgehead atoms. The Hall–Kier alpha value is -1.23. The molecule has 3 N–H and O–H groups in total. The second kappa shape index (κ2) is 7.38. The zero-order valence-corrected chi connectivity index (χ0v) is 12.6. The summed E-state index contributed by atoms with van der Waals surface area (Å²) in [4.78, 5) is 21.6. The highest BCUT2D eigenvalue weighted by molar-refractivity contribution is 7.45. The maximum absolute atomic E-state index is 8.88. The molecule has 0 aliphatic rings. The van der Waals surface area contributed by atoms with Crippen LogP contribution in [-0.4, -0.2) is 23.5 Å². The summed E-state index contributed by atoms with van der Waals surface area (Å²) in [5.74, 6) is 0. The van der Waals surface area contributed by atoms with Gasteiger partial charge in [0, 0.05) is 0 Å². The van der Waals surface area contributed by atoms with E-state index in [1.54, 1.807) is 0 Å². The summed E-state index contributed by atoms with van der Waals surface area (Å²) in [6.45, 7) is 2.38. The van der Waals surface area contributed by atoms with Gasteiger partial charge >= 0.3 is 7.82 Å². The molecule has 0 saturated carbocycles. The van der Waals surface area contributed by atoms with Crippen LogP contribution in [-0.2, 0) is 4.57 Å². The quantitative estimate of drug-likeness (QED) is 0.564. The Morgan fingerprint density at radius 3 is 1.32 bits per heavy atom. The summed E-state index contributed by atoms with van der Waals surface area (Å²) in [5, 5.41) is 3.03. The predicted octanol–water partition coefficient (Wildman–Crippen LogP) is 0.729. The molecule has 0 radical (unpaired) electrons. The van der Waals surface area contributed by atoms with E-state index < -0.39 is 16.6 Å². The average Bonchev–Trinajstić information content (AvgIpc) is 2.38. The lowest BCUT2D eigenvalue weighted by Gasteiger charge is -2.09. The molecule has 0 aliphatic carbocycles. The van der Waals surface area contributed by atoms with Crippen molar-refractivity contribution in [3.8, 4) is 0 Å². The molecule has 2 aromatic carbocycles. The monoisotopic (exact) mass is 296 g/mol. The van der Waals surface area contributed by atoms with Gasteiger partial charge in [-0.3, -0.25) is 0 Å². The molecule has 0 amide bonds. The zero-order chi connectivity index (χ0) is 14.3. The van der Waals surface area contributed by atoms with Crippen molar-refractivity contribution < 1.29 is 19.2 Å². The molecule has 4 nitrogen and oxygen atoms in total. The summed E-state index contributed by atoms with van der Waals surface area (Å²) < 4.78 is 8.88. The highest BCUT2D eigenvalue weighted by Gasteiger charge is 2.07. The standard InChI is InChI=1S/C13H14Si.H3O4P/c1-14(12-8-4-2-5-9-12)13-10-6-3-7-11-13;1-5(2,3)4/h2-11,14H,1H3;(H3,1,2,3,4).